The minimum Gasteiger partial charge on any atom is -0.311 e. The van der Waals surface area contributed by atoms with Gasteiger partial charge in [0.25, 0.3) is 0 Å². The van der Waals surface area contributed by atoms with Crippen LogP contribution in [0.15, 0.2) is 12.2 Å². The molecule has 1 fully saturated rings. The van der Waals surface area contributed by atoms with Crippen LogP contribution in [-0.4, -0.2) is 36.6 Å². The predicted molar refractivity (Wildman–Crippen MR) is 76.3 cm³/mol. The highest BCUT2D eigenvalue weighted by atomic mass is 15.2. The molecule has 2 nitrogen and oxygen atoms in total. The summed E-state index contributed by atoms with van der Waals surface area (Å²) in [4.78, 5) is 2.66. The molecule has 1 heterocycles. The standard InChI is InChI=1S/C15H30N2/c1-6-8-9-17-11-14(12(3)4)16-10-15(17)13(5)7-2/h6,8,12-16H,7,9-11H2,1-5H3/b8-6+. The molecule has 1 rings (SSSR count). The maximum atomic E-state index is 3.72. The van der Waals surface area contributed by atoms with E-state index in [9.17, 15) is 0 Å². The minimum atomic E-state index is 0.653. The van der Waals surface area contributed by atoms with Gasteiger partial charge in [0, 0.05) is 31.7 Å². The topological polar surface area (TPSA) is 15.3 Å². The second kappa shape index (κ2) is 7.17. The molecule has 0 radical (unpaired) electrons. The fraction of sp³-hybridized carbons (Fsp3) is 0.867. The fourth-order valence-corrected chi connectivity index (χ4v) is 2.58. The van der Waals surface area contributed by atoms with Crippen molar-refractivity contribution in [1.29, 1.82) is 0 Å². The summed E-state index contributed by atoms with van der Waals surface area (Å²) < 4.78 is 0. The van der Waals surface area contributed by atoms with Crippen LogP contribution in [0, 0.1) is 11.8 Å². The molecular formula is C15H30N2. The summed E-state index contributed by atoms with van der Waals surface area (Å²) in [7, 11) is 0. The van der Waals surface area contributed by atoms with Crippen molar-refractivity contribution in [3.8, 4) is 0 Å². The first-order valence-electron chi connectivity index (χ1n) is 7.18. The molecule has 1 N–H and O–H groups in total. The van der Waals surface area contributed by atoms with Crippen LogP contribution in [0.3, 0.4) is 0 Å². The van der Waals surface area contributed by atoms with Gasteiger partial charge >= 0.3 is 0 Å². The average Bonchev–Trinajstić information content (AvgIpc) is 2.34. The van der Waals surface area contributed by atoms with Gasteiger partial charge in [-0.25, -0.2) is 0 Å². The first-order valence-corrected chi connectivity index (χ1v) is 7.18. The van der Waals surface area contributed by atoms with Crippen molar-refractivity contribution in [1.82, 2.24) is 10.2 Å². The SMILES string of the molecule is C/C=C/CN1CC(C(C)C)NCC1C(C)CC. The summed E-state index contributed by atoms with van der Waals surface area (Å²) >= 11 is 0. The molecule has 3 atom stereocenters. The highest BCUT2D eigenvalue weighted by Crippen LogP contribution is 2.20. The molecule has 17 heavy (non-hydrogen) atoms. The zero-order chi connectivity index (χ0) is 12.8. The quantitative estimate of drug-likeness (QED) is 0.741. The smallest absolute Gasteiger partial charge is 0.0250 e. The Bertz CT molecular complexity index is 235. The van der Waals surface area contributed by atoms with Crippen LogP contribution in [0.25, 0.3) is 0 Å². The van der Waals surface area contributed by atoms with Crippen LogP contribution in [0.1, 0.15) is 41.0 Å². The fourth-order valence-electron chi connectivity index (χ4n) is 2.58. The van der Waals surface area contributed by atoms with Crippen LogP contribution in [-0.2, 0) is 0 Å². The maximum absolute atomic E-state index is 3.72. The molecule has 2 heteroatoms. The third-order valence-corrected chi connectivity index (χ3v) is 4.17. The molecule has 0 aromatic rings. The van der Waals surface area contributed by atoms with E-state index in [0.29, 0.717) is 12.1 Å². The molecule has 1 aliphatic heterocycles. The molecule has 1 aliphatic rings. The van der Waals surface area contributed by atoms with Crippen molar-refractivity contribution in [3.05, 3.63) is 12.2 Å². The number of piperazine rings is 1. The van der Waals surface area contributed by atoms with Gasteiger partial charge in [-0.05, 0) is 18.8 Å². The van der Waals surface area contributed by atoms with Crippen molar-refractivity contribution >= 4 is 0 Å². The monoisotopic (exact) mass is 238 g/mol. The third kappa shape index (κ3) is 4.11. The molecule has 0 saturated carbocycles. The van der Waals surface area contributed by atoms with Gasteiger partial charge in [-0.3, -0.25) is 4.90 Å². The second-order valence-corrected chi connectivity index (χ2v) is 5.73. The summed E-state index contributed by atoms with van der Waals surface area (Å²) in [5.41, 5.74) is 0. The molecule has 3 unspecified atom stereocenters. The molecule has 0 amide bonds. The van der Waals surface area contributed by atoms with Gasteiger partial charge < -0.3 is 5.32 Å². The van der Waals surface area contributed by atoms with E-state index < -0.39 is 0 Å². The number of nitrogens with zero attached hydrogens (tertiary/aromatic N) is 1. The Labute approximate surface area is 107 Å². The molecule has 0 spiro atoms. The van der Waals surface area contributed by atoms with Crippen LogP contribution < -0.4 is 5.32 Å². The summed E-state index contributed by atoms with van der Waals surface area (Å²) in [6.07, 6.45) is 5.73. The Morgan fingerprint density at radius 2 is 2.06 bits per heavy atom. The largest absolute Gasteiger partial charge is 0.311 e. The van der Waals surface area contributed by atoms with Crippen molar-refractivity contribution in [2.75, 3.05) is 19.6 Å². The van der Waals surface area contributed by atoms with E-state index in [-0.39, 0.29) is 0 Å². The van der Waals surface area contributed by atoms with Gasteiger partial charge in [0.1, 0.15) is 0 Å². The summed E-state index contributed by atoms with van der Waals surface area (Å²) in [6, 6.07) is 1.35. The number of hydrogen-bond donors (Lipinski definition) is 1. The zero-order valence-corrected chi connectivity index (χ0v) is 12.2. The van der Waals surface area contributed by atoms with Crippen LogP contribution in [0.2, 0.25) is 0 Å². The lowest BCUT2D eigenvalue weighted by molar-refractivity contribution is 0.0903. The Morgan fingerprint density at radius 1 is 1.35 bits per heavy atom. The predicted octanol–water partition coefficient (Wildman–Crippen LogP) is 2.91. The zero-order valence-electron chi connectivity index (χ0n) is 12.2. The van der Waals surface area contributed by atoms with E-state index in [1.54, 1.807) is 0 Å². The van der Waals surface area contributed by atoms with Gasteiger partial charge in [-0.2, -0.15) is 0 Å². The Morgan fingerprint density at radius 3 is 2.59 bits per heavy atom. The Hall–Kier alpha value is -0.340. The highest BCUT2D eigenvalue weighted by molar-refractivity contribution is 4.93. The number of hydrogen-bond acceptors (Lipinski definition) is 2. The van der Waals surface area contributed by atoms with Gasteiger partial charge in [0.2, 0.25) is 0 Å². The molecule has 0 aliphatic carbocycles. The van der Waals surface area contributed by atoms with Gasteiger partial charge in [-0.1, -0.05) is 46.3 Å². The molecular weight excluding hydrogens is 208 g/mol. The summed E-state index contributed by atoms with van der Waals surface area (Å²) in [5.74, 6) is 1.50. The molecule has 100 valence electrons. The second-order valence-electron chi connectivity index (χ2n) is 5.73. The van der Waals surface area contributed by atoms with E-state index in [2.05, 4.69) is 57.0 Å². The van der Waals surface area contributed by atoms with E-state index in [1.165, 1.54) is 13.0 Å². The lowest BCUT2D eigenvalue weighted by Gasteiger charge is -2.44. The van der Waals surface area contributed by atoms with Crippen molar-refractivity contribution in [2.45, 2.75) is 53.1 Å². The van der Waals surface area contributed by atoms with Gasteiger partial charge in [0.05, 0.1) is 0 Å². The summed E-state index contributed by atoms with van der Waals surface area (Å²) in [6.45, 7) is 14.9. The molecule has 0 aromatic carbocycles. The lowest BCUT2D eigenvalue weighted by atomic mass is 9.92. The minimum absolute atomic E-state index is 0.653. The number of nitrogens with one attached hydrogen (secondary N) is 1. The van der Waals surface area contributed by atoms with Crippen LogP contribution in [0.4, 0.5) is 0 Å². The van der Waals surface area contributed by atoms with Crippen molar-refractivity contribution < 1.29 is 0 Å². The molecule has 0 bridgehead atoms. The summed E-state index contributed by atoms with van der Waals surface area (Å²) in [5, 5.41) is 3.72. The van der Waals surface area contributed by atoms with E-state index in [1.807, 2.05) is 0 Å². The van der Waals surface area contributed by atoms with Gasteiger partial charge in [-0.15, -0.1) is 0 Å². The molecule has 1 saturated heterocycles. The van der Waals surface area contributed by atoms with Crippen LogP contribution in [0.5, 0.6) is 0 Å². The van der Waals surface area contributed by atoms with E-state index >= 15 is 0 Å². The van der Waals surface area contributed by atoms with E-state index in [0.717, 1.165) is 24.9 Å². The first kappa shape index (κ1) is 14.7. The first-order chi connectivity index (χ1) is 8.10. The highest BCUT2D eigenvalue weighted by Gasteiger charge is 2.30. The normalized spacial score (nSPS) is 29.1. The number of allylic oxidation sites excluding steroid dienone is 1. The average molecular weight is 238 g/mol. The Kier molecular flexibility index (Phi) is 6.21. The lowest BCUT2D eigenvalue weighted by Crippen LogP contribution is -2.59. The Balaban J connectivity index is 2.64. The van der Waals surface area contributed by atoms with Crippen molar-refractivity contribution in [3.63, 3.8) is 0 Å². The van der Waals surface area contributed by atoms with Gasteiger partial charge in [0.15, 0.2) is 0 Å². The van der Waals surface area contributed by atoms with Crippen molar-refractivity contribution in [2.24, 2.45) is 11.8 Å². The maximum Gasteiger partial charge on any atom is 0.0250 e. The third-order valence-electron chi connectivity index (χ3n) is 4.17. The van der Waals surface area contributed by atoms with Crippen LogP contribution >= 0.6 is 0 Å². The number of rotatable bonds is 5. The molecule has 0 aromatic heterocycles. The van der Waals surface area contributed by atoms with E-state index in [4.69, 9.17) is 0 Å².